The van der Waals surface area contributed by atoms with Gasteiger partial charge in [0.25, 0.3) is 5.91 Å². The van der Waals surface area contributed by atoms with E-state index < -0.39 is 0 Å². The molecule has 0 saturated heterocycles. The third-order valence-corrected chi connectivity index (χ3v) is 5.99. The number of carbonyl (C=O) groups is 2. The highest BCUT2D eigenvalue weighted by atomic mass is 35.5. The highest BCUT2D eigenvalue weighted by Gasteiger charge is 2.28. The number of halogens is 1. The Kier molecular flexibility index (Phi) is 6.11. The van der Waals surface area contributed by atoms with Crippen molar-refractivity contribution in [1.29, 1.82) is 0 Å². The minimum Gasteiger partial charge on any atom is -0.350 e. The van der Waals surface area contributed by atoms with Crippen LogP contribution in [0.3, 0.4) is 0 Å². The van der Waals surface area contributed by atoms with Crippen LogP contribution in [0, 0.1) is 0 Å². The molecule has 0 unspecified atom stereocenters. The minimum atomic E-state index is -0.187. The zero-order valence-corrected chi connectivity index (χ0v) is 18.0. The van der Waals surface area contributed by atoms with Gasteiger partial charge in [-0.05, 0) is 42.2 Å². The number of amides is 2. The topological polar surface area (TPSA) is 67.2 Å². The van der Waals surface area contributed by atoms with E-state index in [1.807, 2.05) is 42.7 Å². The predicted molar refractivity (Wildman–Crippen MR) is 119 cm³/mol. The maximum atomic E-state index is 12.9. The van der Waals surface area contributed by atoms with Crippen LogP contribution in [0.1, 0.15) is 16.1 Å². The molecular weight excluding hydrogens is 420 g/mol. The van der Waals surface area contributed by atoms with Gasteiger partial charge in [-0.25, -0.2) is 0 Å². The monoisotopic (exact) mass is 440 g/mol. The molecule has 0 bridgehead atoms. The predicted octanol–water partition coefficient (Wildman–Crippen LogP) is 3.70. The van der Waals surface area contributed by atoms with Gasteiger partial charge in [-0.1, -0.05) is 35.9 Å². The normalized spacial score (nSPS) is 13.3. The van der Waals surface area contributed by atoms with Crippen molar-refractivity contribution >= 4 is 35.2 Å². The Balaban J connectivity index is 1.38. The Hall–Kier alpha value is -2.77. The molecule has 0 atom stereocenters. The average molecular weight is 441 g/mol. The van der Waals surface area contributed by atoms with E-state index >= 15 is 0 Å². The lowest BCUT2D eigenvalue weighted by Gasteiger charge is -2.26. The molecule has 0 fully saturated rings. The van der Waals surface area contributed by atoms with Crippen LogP contribution in [0.4, 0.5) is 0 Å². The van der Waals surface area contributed by atoms with Gasteiger partial charge in [-0.3, -0.25) is 14.3 Å². The van der Waals surface area contributed by atoms with Crippen LogP contribution in [0.2, 0.25) is 5.02 Å². The van der Waals surface area contributed by atoms with Crippen molar-refractivity contribution in [3.8, 4) is 11.3 Å². The number of benzene rings is 2. The third-order valence-electron chi connectivity index (χ3n) is 4.99. The number of fused-ring (bicyclic) bond motifs is 1. The molecular formula is C22H21ClN4O2S. The van der Waals surface area contributed by atoms with Crippen LogP contribution in [0.25, 0.3) is 11.3 Å². The number of nitrogens with zero attached hydrogens (tertiary/aromatic N) is 3. The van der Waals surface area contributed by atoms with Gasteiger partial charge in [0, 0.05) is 28.6 Å². The molecule has 1 N–H and O–H groups in total. The van der Waals surface area contributed by atoms with Crippen LogP contribution < -0.4 is 5.32 Å². The maximum absolute atomic E-state index is 12.9. The largest absolute Gasteiger partial charge is 0.350 e. The summed E-state index contributed by atoms with van der Waals surface area (Å²) < 4.78 is 1.70. The molecule has 4 rings (SSSR count). The van der Waals surface area contributed by atoms with Gasteiger partial charge in [-0.2, -0.15) is 5.10 Å². The molecule has 3 aromatic rings. The third kappa shape index (κ3) is 4.52. The minimum absolute atomic E-state index is 0.0309. The van der Waals surface area contributed by atoms with Gasteiger partial charge in [0.2, 0.25) is 5.91 Å². The highest BCUT2D eigenvalue weighted by Crippen LogP contribution is 2.23. The van der Waals surface area contributed by atoms with Crippen LogP contribution >= 0.6 is 23.4 Å². The summed E-state index contributed by atoms with van der Waals surface area (Å²) in [6.45, 7) is 1.47. The van der Waals surface area contributed by atoms with Gasteiger partial charge >= 0.3 is 0 Å². The summed E-state index contributed by atoms with van der Waals surface area (Å²) in [5, 5.41) is 8.07. The fraction of sp³-hybridized carbons (Fsp3) is 0.227. The fourth-order valence-corrected chi connectivity index (χ4v) is 3.86. The van der Waals surface area contributed by atoms with Gasteiger partial charge in [-0.15, -0.1) is 11.8 Å². The number of hydrogen-bond donors (Lipinski definition) is 1. The summed E-state index contributed by atoms with van der Waals surface area (Å²) in [6.07, 6.45) is 2.02. The molecule has 0 radical (unpaired) electrons. The van der Waals surface area contributed by atoms with E-state index in [1.165, 1.54) is 4.90 Å². The van der Waals surface area contributed by atoms with E-state index in [2.05, 4.69) is 10.4 Å². The van der Waals surface area contributed by atoms with Crippen molar-refractivity contribution in [3.05, 3.63) is 70.9 Å². The van der Waals surface area contributed by atoms with Crippen molar-refractivity contribution in [2.75, 3.05) is 19.3 Å². The van der Waals surface area contributed by atoms with E-state index in [9.17, 15) is 9.59 Å². The summed E-state index contributed by atoms with van der Waals surface area (Å²) in [5.41, 5.74) is 3.13. The number of aromatic nitrogens is 2. The molecule has 0 saturated carbocycles. The molecule has 1 aliphatic heterocycles. The van der Waals surface area contributed by atoms with E-state index in [4.69, 9.17) is 11.6 Å². The van der Waals surface area contributed by atoms with Gasteiger partial charge in [0.15, 0.2) is 0 Å². The summed E-state index contributed by atoms with van der Waals surface area (Å²) in [5.74, 6) is -0.364. The molecule has 30 heavy (non-hydrogen) atoms. The van der Waals surface area contributed by atoms with E-state index in [0.717, 1.165) is 16.8 Å². The SMILES string of the molecule is CSc1ccc(CNC(=O)CN2CCn3nc(-c4ccc(Cl)cc4)cc3C2=O)cc1. The van der Waals surface area contributed by atoms with Crippen molar-refractivity contribution in [2.45, 2.75) is 18.0 Å². The lowest BCUT2D eigenvalue weighted by atomic mass is 10.1. The van der Waals surface area contributed by atoms with Crippen molar-refractivity contribution in [1.82, 2.24) is 20.0 Å². The fourth-order valence-electron chi connectivity index (χ4n) is 3.32. The van der Waals surface area contributed by atoms with Crippen molar-refractivity contribution in [2.24, 2.45) is 0 Å². The molecule has 2 amide bonds. The Morgan fingerprint density at radius 1 is 1.13 bits per heavy atom. The van der Waals surface area contributed by atoms with Crippen LogP contribution in [0.15, 0.2) is 59.5 Å². The summed E-state index contributed by atoms with van der Waals surface area (Å²) in [7, 11) is 0. The maximum Gasteiger partial charge on any atom is 0.272 e. The number of rotatable bonds is 6. The second kappa shape index (κ2) is 8.93. The van der Waals surface area contributed by atoms with Crippen LogP contribution in [-0.2, 0) is 17.9 Å². The summed E-state index contributed by atoms with van der Waals surface area (Å²) in [6, 6.07) is 17.1. The smallest absolute Gasteiger partial charge is 0.272 e. The molecule has 2 aromatic carbocycles. The zero-order valence-electron chi connectivity index (χ0n) is 16.5. The molecule has 154 valence electrons. The zero-order chi connectivity index (χ0) is 21.1. The van der Waals surface area contributed by atoms with Gasteiger partial charge < -0.3 is 10.2 Å². The molecule has 6 nitrogen and oxygen atoms in total. The van der Waals surface area contributed by atoms with E-state index in [-0.39, 0.29) is 18.4 Å². The molecule has 8 heteroatoms. The second-order valence-corrected chi connectivity index (χ2v) is 8.31. The van der Waals surface area contributed by atoms with Crippen molar-refractivity contribution < 1.29 is 9.59 Å². The van der Waals surface area contributed by atoms with Crippen molar-refractivity contribution in [3.63, 3.8) is 0 Å². The van der Waals surface area contributed by atoms with E-state index in [1.54, 1.807) is 39.5 Å². The van der Waals surface area contributed by atoms with E-state index in [0.29, 0.717) is 30.4 Å². The number of carbonyl (C=O) groups excluding carboxylic acids is 2. The average Bonchev–Trinajstić information content (AvgIpc) is 3.20. The first-order valence-electron chi connectivity index (χ1n) is 9.56. The molecule has 0 spiro atoms. The highest BCUT2D eigenvalue weighted by molar-refractivity contribution is 7.98. The van der Waals surface area contributed by atoms with Crippen LogP contribution in [-0.4, -0.2) is 45.8 Å². The first-order chi connectivity index (χ1) is 14.5. The summed E-state index contributed by atoms with van der Waals surface area (Å²) in [4.78, 5) is 28.0. The lowest BCUT2D eigenvalue weighted by molar-refractivity contribution is -0.122. The Labute approximate surface area is 184 Å². The molecule has 1 aliphatic rings. The van der Waals surface area contributed by atoms with Crippen LogP contribution in [0.5, 0.6) is 0 Å². The number of nitrogens with one attached hydrogen (secondary N) is 1. The first kappa shape index (κ1) is 20.5. The Morgan fingerprint density at radius 3 is 2.57 bits per heavy atom. The van der Waals surface area contributed by atoms with Gasteiger partial charge in [0.05, 0.1) is 18.8 Å². The Bertz CT molecular complexity index is 1060. The standard InChI is InChI=1S/C22H21ClN4O2S/c1-30-18-8-2-15(3-9-18)13-24-21(28)14-26-10-11-27-20(22(26)29)12-19(25-27)16-4-6-17(23)7-5-16/h2-9,12H,10-11,13-14H2,1H3,(H,24,28). The van der Waals surface area contributed by atoms with Gasteiger partial charge in [0.1, 0.15) is 5.69 Å². The molecule has 2 heterocycles. The lowest BCUT2D eigenvalue weighted by Crippen LogP contribution is -2.45. The summed E-state index contributed by atoms with van der Waals surface area (Å²) >= 11 is 7.62. The first-order valence-corrected chi connectivity index (χ1v) is 11.2. The second-order valence-electron chi connectivity index (χ2n) is 7.00. The number of hydrogen-bond acceptors (Lipinski definition) is 4. The molecule has 1 aromatic heterocycles. The Morgan fingerprint density at radius 2 is 1.87 bits per heavy atom. The number of thioether (sulfide) groups is 1. The molecule has 0 aliphatic carbocycles. The quantitative estimate of drug-likeness (QED) is 0.593.